The van der Waals surface area contributed by atoms with Crippen LogP contribution in [0.5, 0.6) is 5.75 Å². The SMILES string of the molecule is COc1ccc(C)cc1C(C)NC(C)CCCC(F)(F)F. The summed E-state index contributed by atoms with van der Waals surface area (Å²) in [5.74, 6) is 0.795. The highest BCUT2D eigenvalue weighted by Gasteiger charge is 2.26. The number of hydrogen-bond donors (Lipinski definition) is 1. The van der Waals surface area contributed by atoms with Crippen molar-refractivity contribution in [2.75, 3.05) is 7.11 Å². The first-order valence-electron chi connectivity index (χ1n) is 7.20. The van der Waals surface area contributed by atoms with Gasteiger partial charge in [0.15, 0.2) is 0 Å². The van der Waals surface area contributed by atoms with Crippen molar-refractivity contribution >= 4 is 0 Å². The maximum Gasteiger partial charge on any atom is 0.389 e. The first-order valence-corrected chi connectivity index (χ1v) is 7.20. The molecule has 1 N–H and O–H groups in total. The van der Waals surface area contributed by atoms with Gasteiger partial charge in [0.2, 0.25) is 0 Å². The molecule has 2 unspecified atom stereocenters. The van der Waals surface area contributed by atoms with Crippen LogP contribution in [0, 0.1) is 6.92 Å². The van der Waals surface area contributed by atoms with Crippen molar-refractivity contribution in [2.24, 2.45) is 0 Å². The predicted octanol–water partition coefficient (Wildman–Crippen LogP) is 4.78. The fourth-order valence-corrected chi connectivity index (χ4v) is 2.40. The first kappa shape index (κ1) is 17.8. The van der Waals surface area contributed by atoms with E-state index in [9.17, 15) is 13.2 Å². The third-order valence-corrected chi connectivity index (χ3v) is 3.48. The minimum atomic E-state index is -4.06. The summed E-state index contributed by atoms with van der Waals surface area (Å²) in [4.78, 5) is 0. The average molecular weight is 303 g/mol. The highest BCUT2D eigenvalue weighted by Crippen LogP contribution is 2.27. The highest BCUT2D eigenvalue weighted by molar-refractivity contribution is 5.38. The molecule has 0 aliphatic carbocycles. The zero-order valence-electron chi connectivity index (χ0n) is 13.1. The summed E-state index contributed by atoms with van der Waals surface area (Å²) in [7, 11) is 1.62. The molecule has 0 saturated carbocycles. The monoisotopic (exact) mass is 303 g/mol. The lowest BCUT2D eigenvalue weighted by atomic mass is 10.0. The molecular weight excluding hydrogens is 279 g/mol. The van der Waals surface area contributed by atoms with Gasteiger partial charge in [-0.25, -0.2) is 0 Å². The molecular formula is C16H24F3NO. The van der Waals surface area contributed by atoms with Gasteiger partial charge in [-0.05, 0) is 39.7 Å². The van der Waals surface area contributed by atoms with E-state index in [-0.39, 0.29) is 18.5 Å². The molecule has 21 heavy (non-hydrogen) atoms. The highest BCUT2D eigenvalue weighted by atomic mass is 19.4. The third kappa shape index (κ3) is 6.38. The van der Waals surface area contributed by atoms with Crippen LogP contribution in [-0.4, -0.2) is 19.3 Å². The Bertz CT molecular complexity index is 446. The summed E-state index contributed by atoms with van der Waals surface area (Å²) in [5, 5.41) is 3.34. The minimum absolute atomic E-state index is 0.0209. The molecule has 1 aromatic carbocycles. The van der Waals surface area contributed by atoms with Crippen molar-refractivity contribution in [1.29, 1.82) is 0 Å². The van der Waals surface area contributed by atoms with Crippen molar-refractivity contribution in [2.45, 2.75) is 58.3 Å². The molecule has 5 heteroatoms. The molecule has 2 atom stereocenters. The lowest BCUT2D eigenvalue weighted by Gasteiger charge is -2.22. The van der Waals surface area contributed by atoms with E-state index >= 15 is 0 Å². The van der Waals surface area contributed by atoms with Gasteiger partial charge in [0.1, 0.15) is 5.75 Å². The van der Waals surface area contributed by atoms with Crippen molar-refractivity contribution in [3.8, 4) is 5.75 Å². The maximum atomic E-state index is 12.1. The molecule has 0 heterocycles. The lowest BCUT2D eigenvalue weighted by molar-refractivity contribution is -0.135. The average Bonchev–Trinajstić information content (AvgIpc) is 2.37. The van der Waals surface area contributed by atoms with E-state index < -0.39 is 12.6 Å². The number of halogens is 3. The van der Waals surface area contributed by atoms with Gasteiger partial charge in [-0.3, -0.25) is 0 Å². The lowest BCUT2D eigenvalue weighted by Crippen LogP contribution is -2.29. The van der Waals surface area contributed by atoms with Crippen LogP contribution in [0.1, 0.15) is 50.3 Å². The zero-order valence-corrected chi connectivity index (χ0v) is 13.1. The van der Waals surface area contributed by atoms with Gasteiger partial charge >= 0.3 is 6.18 Å². The Kier molecular flexibility index (Phi) is 6.52. The second-order valence-electron chi connectivity index (χ2n) is 5.54. The molecule has 1 rings (SSSR count). The molecule has 2 nitrogen and oxygen atoms in total. The standard InChI is InChI=1S/C16H24F3NO/c1-11-7-8-15(21-4)14(10-11)13(3)20-12(2)6-5-9-16(17,18)19/h7-8,10,12-13,20H,5-6,9H2,1-4H3. The van der Waals surface area contributed by atoms with Gasteiger partial charge in [0, 0.05) is 24.1 Å². The van der Waals surface area contributed by atoms with Crippen LogP contribution in [0.2, 0.25) is 0 Å². The number of rotatable bonds is 7. The summed E-state index contributed by atoms with van der Waals surface area (Å²) < 4.78 is 41.8. The van der Waals surface area contributed by atoms with E-state index in [2.05, 4.69) is 5.32 Å². The quantitative estimate of drug-likeness (QED) is 0.783. The van der Waals surface area contributed by atoms with Crippen LogP contribution in [0.4, 0.5) is 13.2 Å². The number of hydrogen-bond acceptors (Lipinski definition) is 2. The van der Waals surface area contributed by atoms with Crippen molar-refractivity contribution in [3.63, 3.8) is 0 Å². The summed E-state index contributed by atoms with van der Waals surface area (Å²) in [6, 6.07) is 5.98. The Balaban J connectivity index is 2.56. The molecule has 1 aromatic rings. The van der Waals surface area contributed by atoms with Crippen LogP contribution < -0.4 is 10.1 Å². The summed E-state index contributed by atoms with van der Waals surface area (Å²) in [6.07, 6.45) is -4.14. The Morgan fingerprint density at radius 1 is 1.24 bits per heavy atom. The molecule has 0 radical (unpaired) electrons. The molecule has 0 bridgehead atoms. The zero-order chi connectivity index (χ0) is 16.0. The molecule has 0 aliphatic rings. The summed E-state index contributed by atoms with van der Waals surface area (Å²) in [6.45, 7) is 5.91. The van der Waals surface area contributed by atoms with Crippen LogP contribution in [0.25, 0.3) is 0 Å². The third-order valence-electron chi connectivity index (χ3n) is 3.48. The first-order chi connectivity index (χ1) is 9.73. The Morgan fingerprint density at radius 2 is 1.90 bits per heavy atom. The topological polar surface area (TPSA) is 21.3 Å². The number of alkyl halides is 3. The van der Waals surface area contributed by atoms with Gasteiger partial charge < -0.3 is 10.1 Å². The maximum absolute atomic E-state index is 12.1. The molecule has 0 amide bonds. The van der Waals surface area contributed by atoms with E-state index in [1.807, 2.05) is 39.0 Å². The van der Waals surface area contributed by atoms with Crippen LogP contribution in [0.3, 0.4) is 0 Å². The molecule has 120 valence electrons. The predicted molar refractivity (Wildman–Crippen MR) is 78.6 cm³/mol. The Labute approximate surface area is 124 Å². The fraction of sp³-hybridized carbons (Fsp3) is 0.625. The number of aryl methyl sites for hydroxylation is 1. The van der Waals surface area contributed by atoms with E-state index in [1.165, 1.54) is 0 Å². The summed E-state index contributed by atoms with van der Waals surface area (Å²) >= 11 is 0. The number of benzene rings is 1. The molecule has 0 fully saturated rings. The summed E-state index contributed by atoms with van der Waals surface area (Å²) in [5.41, 5.74) is 2.16. The van der Waals surface area contributed by atoms with E-state index in [1.54, 1.807) is 7.11 Å². The van der Waals surface area contributed by atoms with Crippen LogP contribution in [-0.2, 0) is 0 Å². The van der Waals surface area contributed by atoms with Crippen molar-refractivity contribution < 1.29 is 17.9 Å². The van der Waals surface area contributed by atoms with E-state index in [4.69, 9.17) is 4.74 Å². The molecule has 0 saturated heterocycles. The minimum Gasteiger partial charge on any atom is -0.496 e. The van der Waals surface area contributed by atoms with Crippen molar-refractivity contribution in [3.05, 3.63) is 29.3 Å². The second kappa shape index (κ2) is 7.69. The van der Waals surface area contributed by atoms with E-state index in [0.717, 1.165) is 16.9 Å². The van der Waals surface area contributed by atoms with E-state index in [0.29, 0.717) is 6.42 Å². The Hall–Kier alpha value is -1.23. The van der Waals surface area contributed by atoms with Gasteiger partial charge in [-0.1, -0.05) is 17.7 Å². The fourth-order valence-electron chi connectivity index (χ4n) is 2.40. The van der Waals surface area contributed by atoms with Gasteiger partial charge in [-0.15, -0.1) is 0 Å². The van der Waals surface area contributed by atoms with Crippen molar-refractivity contribution in [1.82, 2.24) is 5.32 Å². The van der Waals surface area contributed by atoms with Crippen LogP contribution >= 0.6 is 0 Å². The normalized spacial score (nSPS) is 14.8. The Morgan fingerprint density at radius 3 is 2.48 bits per heavy atom. The molecule has 0 aliphatic heterocycles. The number of nitrogens with one attached hydrogen (secondary N) is 1. The van der Waals surface area contributed by atoms with Gasteiger partial charge in [-0.2, -0.15) is 13.2 Å². The molecule has 0 spiro atoms. The number of methoxy groups -OCH3 is 1. The van der Waals surface area contributed by atoms with Gasteiger partial charge in [0.25, 0.3) is 0 Å². The second-order valence-corrected chi connectivity index (χ2v) is 5.54. The smallest absolute Gasteiger partial charge is 0.389 e. The number of ether oxygens (including phenoxy) is 1. The largest absolute Gasteiger partial charge is 0.496 e. The molecule has 0 aromatic heterocycles. The van der Waals surface area contributed by atoms with Gasteiger partial charge in [0.05, 0.1) is 7.11 Å². The van der Waals surface area contributed by atoms with Crippen LogP contribution in [0.15, 0.2) is 18.2 Å².